The number of fused-ring (bicyclic) bond motifs is 1. The summed E-state index contributed by atoms with van der Waals surface area (Å²) in [5, 5.41) is 1.19. The predicted molar refractivity (Wildman–Crippen MR) is 69.5 cm³/mol. The fourth-order valence-electron chi connectivity index (χ4n) is 1.76. The average Bonchev–Trinajstić information content (AvgIpc) is 2.81. The van der Waals surface area contributed by atoms with Crippen LogP contribution < -0.4 is 4.74 Å². The van der Waals surface area contributed by atoms with E-state index in [-0.39, 0.29) is 0 Å². The molecule has 1 N–H and O–H groups in total. The summed E-state index contributed by atoms with van der Waals surface area (Å²) >= 11 is 0. The van der Waals surface area contributed by atoms with Gasteiger partial charge in [-0.05, 0) is 44.0 Å². The number of hydrogen-bond acceptors (Lipinski definition) is 2. The molecule has 0 amide bonds. The lowest BCUT2D eigenvalue weighted by atomic mass is 10.2. The van der Waals surface area contributed by atoms with E-state index >= 15 is 0 Å². The molecule has 0 bridgehead atoms. The first kappa shape index (κ1) is 12.0. The Morgan fingerprint density at radius 2 is 2.00 bits per heavy atom. The first-order valence-electron chi connectivity index (χ1n) is 6.18. The van der Waals surface area contributed by atoms with Crippen LogP contribution in [0.15, 0.2) is 30.5 Å². The number of aromatic nitrogens is 1. The molecule has 0 aliphatic carbocycles. The Labute approximate surface area is 102 Å². The lowest BCUT2D eigenvalue weighted by Gasteiger charge is -2.06. The van der Waals surface area contributed by atoms with Crippen molar-refractivity contribution in [1.82, 2.24) is 4.98 Å². The fraction of sp³-hybridized carbons (Fsp3) is 0.429. The molecular formula is C14H19NO2. The van der Waals surface area contributed by atoms with Gasteiger partial charge in [0.15, 0.2) is 0 Å². The molecule has 0 saturated heterocycles. The van der Waals surface area contributed by atoms with Crippen LogP contribution in [-0.2, 0) is 4.74 Å². The highest BCUT2D eigenvalue weighted by Gasteiger charge is 1.98. The molecule has 2 rings (SSSR count). The van der Waals surface area contributed by atoms with E-state index in [2.05, 4.69) is 17.1 Å². The SMILES string of the molecule is CCOCCCCOc1ccc2[nH]ccc2c1. The molecule has 0 atom stereocenters. The smallest absolute Gasteiger partial charge is 0.120 e. The molecule has 1 heterocycles. The molecule has 3 nitrogen and oxygen atoms in total. The van der Waals surface area contributed by atoms with Gasteiger partial charge >= 0.3 is 0 Å². The molecule has 2 aromatic rings. The summed E-state index contributed by atoms with van der Waals surface area (Å²) in [6, 6.07) is 8.16. The normalized spacial score (nSPS) is 10.9. The Hall–Kier alpha value is -1.48. The highest BCUT2D eigenvalue weighted by molar-refractivity contribution is 5.80. The van der Waals surface area contributed by atoms with Gasteiger partial charge in [-0.3, -0.25) is 0 Å². The molecule has 0 spiro atoms. The van der Waals surface area contributed by atoms with E-state index in [4.69, 9.17) is 9.47 Å². The van der Waals surface area contributed by atoms with E-state index < -0.39 is 0 Å². The third-order valence-electron chi connectivity index (χ3n) is 2.68. The van der Waals surface area contributed by atoms with Crippen LogP contribution in [0.1, 0.15) is 19.8 Å². The van der Waals surface area contributed by atoms with Crippen molar-refractivity contribution in [2.45, 2.75) is 19.8 Å². The van der Waals surface area contributed by atoms with Crippen molar-refractivity contribution < 1.29 is 9.47 Å². The number of unbranched alkanes of at least 4 members (excludes halogenated alkanes) is 1. The van der Waals surface area contributed by atoms with Crippen LogP contribution in [0, 0.1) is 0 Å². The van der Waals surface area contributed by atoms with Gasteiger partial charge in [0.1, 0.15) is 5.75 Å². The van der Waals surface area contributed by atoms with Crippen LogP contribution in [-0.4, -0.2) is 24.8 Å². The van der Waals surface area contributed by atoms with Crippen molar-refractivity contribution in [3.8, 4) is 5.75 Å². The van der Waals surface area contributed by atoms with Gasteiger partial charge in [-0.1, -0.05) is 0 Å². The maximum Gasteiger partial charge on any atom is 0.120 e. The molecule has 92 valence electrons. The first-order valence-corrected chi connectivity index (χ1v) is 6.18. The molecule has 1 aromatic heterocycles. The third kappa shape index (κ3) is 3.49. The zero-order chi connectivity index (χ0) is 11.9. The predicted octanol–water partition coefficient (Wildman–Crippen LogP) is 3.36. The van der Waals surface area contributed by atoms with Crippen LogP contribution in [0.25, 0.3) is 10.9 Å². The molecule has 0 radical (unpaired) electrons. The average molecular weight is 233 g/mol. The molecule has 1 aromatic carbocycles. The van der Waals surface area contributed by atoms with Gasteiger partial charge in [0, 0.05) is 30.3 Å². The Bertz CT molecular complexity index is 450. The van der Waals surface area contributed by atoms with Crippen LogP contribution in [0.4, 0.5) is 0 Å². The van der Waals surface area contributed by atoms with Crippen molar-refractivity contribution in [3.05, 3.63) is 30.5 Å². The number of benzene rings is 1. The van der Waals surface area contributed by atoms with E-state index in [1.54, 1.807) is 0 Å². The van der Waals surface area contributed by atoms with Gasteiger partial charge in [-0.25, -0.2) is 0 Å². The van der Waals surface area contributed by atoms with E-state index in [0.717, 1.165) is 43.9 Å². The zero-order valence-electron chi connectivity index (χ0n) is 10.2. The largest absolute Gasteiger partial charge is 0.494 e. The molecular weight excluding hydrogens is 214 g/mol. The van der Waals surface area contributed by atoms with E-state index in [1.807, 2.05) is 25.3 Å². The molecule has 0 unspecified atom stereocenters. The number of ether oxygens (including phenoxy) is 2. The minimum Gasteiger partial charge on any atom is -0.494 e. The summed E-state index contributed by atoms with van der Waals surface area (Å²) in [6.45, 7) is 4.40. The van der Waals surface area contributed by atoms with Gasteiger partial charge in [-0.2, -0.15) is 0 Å². The van der Waals surface area contributed by atoms with Crippen molar-refractivity contribution in [2.75, 3.05) is 19.8 Å². The summed E-state index contributed by atoms with van der Waals surface area (Å²) < 4.78 is 11.0. The maximum atomic E-state index is 5.69. The highest BCUT2D eigenvalue weighted by atomic mass is 16.5. The lowest BCUT2D eigenvalue weighted by Crippen LogP contribution is -2.00. The first-order chi connectivity index (χ1) is 8.40. The van der Waals surface area contributed by atoms with Gasteiger partial charge in [0.2, 0.25) is 0 Å². The summed E-state index contributed by atoms with van der Waals surface area (Å²) in [5.74, 6) is 0.938. The maximum absolute atomic E-state index is 5.69. The minimum absolute atomic E-state index is 0.753. The summed E-state index contributed by atoms with van der Waals surface area (Å²) in [7, 11) is 0. The van der Waals surface area contributed by atoms with Crippen LogP contribution in [0.2, 0.25) is 0 Å². The van der Waals surface area contributed by atoms with Crippen LogP contribution in [0.5, 0.6) is 5.75 Å². The van der Waals surface area contributed by atoms with Crippen LogP contribution in [0.3, 0.4) is 0 Å². The number of rotatable bonds is 7. The van der Waals surface area contributed by atoms with Crippen molar-refractivity contribution >= 4 is 10.9 Å². The second-order valence-electron chi connectivity index (χ2n) is 3.98. The summed E-state index contributed by atoms with van der Waals surface area (Å²) in [6.07, 6.45) is 4.03. The Morgan fingerprint density at radius 1 is 1.12 bits per heavy atom. The zero-order valence-corrected chi connectivity index (χ0v) is 10.2. The van der Waals surface area contributed by atoms with E-state index in [0.29, 0.717) is 0 Å². The Morgan fingerprint density at radius 3 is 2.88 bits per heavy atom. The third-order valence-corrected chi connectivity index (χ3v) is 2.68. The summed E-state index contributed by atoms with van der Waals surface area (Å²) in [5.41, 5.74) is 1.15. The fourth-order valence-corrected chi connectivity index (χ4v) is 1.76. The quantitative estimate of drug-likeness (QED) is 0.744. The van der Waals surface area contributed by atoms with Gasteiger partial charge in [0.25, 0.3) is 0 Å². The van der Waals surface area contributed by atoms with Crippen molar-refractivity contribution in [1.29, 1.82) is 0 Å². The molecule has 0 aliphatic rings. The van der Waals surface area contributed by atoms with Crippen LogP contribution >= 0.6 is 0 Å². The summed E-state index contributed by atoms with van der Waals surface area (Å²) in [4.78, 5) is 3.17. The number of H-pyrrole nitrogens is 1. The minimum atomic E-state index is 0.753. The van der Waals surface area contributed by atoms with Gasteiger partial charge < -0.3 is 14.5 Å². The monoisotopic (exact) mass is 233 g/mol. The second-order valence-corrected chi connectivity index (χ2v) is 3.98. The van der Waals surface area contributed by atoms with Crippen molar-refractivity contribution in [3.63, 3.8) is 0 Å². The highest BCUT2D eigenvalue weighted by Crippen LogP contribution is 2.19. The Balaban J connectivity index is 1.75. The number of hydrogen-bond donors (Lipinski definition) is 1. The van der Waals surface area contributed by atoms with Gasteiger partial charge in [-0.15, -0.1) is 0 Å². The number of aromatic amines is 1. The molecule has 17 heavy (non-hydrogen) atoms. The standard InChI is InChI=1S/C14H19NO2/c1-2-16-9-3-4-10-17-13-5-6-14-12(11-13)7-8-15-14/h5-8,11,15H,2-4,9-10H2,1H3. The molecule has 3 heteroatoms. The lowest BCUT2D eigenvalue weighted by molar-refractivity contribution is 0.139. The molecule has 0 saturated carbocycles. The molecule has 0 aliphatic heterocycles. The second kappa shape index (κ2) is 6.30. The van der Waals surface area contributed by atoms with E-state index in [1.165, 1.54) is 5.39 Å². The number of nitrogens with one attached hydrogen (secondary N) is 1. The van der Waals surface area contributed by atoms with E-state index in [9.17, 15) is 0 Å². The van der Waals surface area contributed by atoms with Gasteiger partial charge in [0.05, 0.1) is 6.61 Å². The topological polar surface area (TPSA) is 34.2 Å². The van der Waals surface area contributed by atoms with Crippen molar-refractivity contribution in [2.24, 2.45) is 0 Å². The Kier molecular flexibility index (Phi) is 4.45. The molecule has 0 fully saturated rings.